The lowest BCUT2D eigenvalue weighted by Crippen LogP contribution is -2.51. The minimum Gasteiger partial charge on any atom is -0.476 e. The van der Waals surface area contributed by atoms with Gasteiger partial charge in [-0.2, -0.15) is 0 Å². The van der Waals surface area contributed by atoms with Crippen LogP contribution >= 0.6 is 11.6 Å². The Morgan fingerprint density at radius 2 is 1.96 bits per heavy atom. The van der Waals surface area contributed by atoms with Crippen LogP contribution in [0.1, 0.15) is 0 Å². The van der Waals surface area contributed by atoms with Crippen molar-refractivity contribution in [3.8, 4) is 5.75 Å². The number of sulfonamides is 1. The summed E-state index contributed by atoms with van der Waals surface area (Å²) >= 11 is 5.86. The van der Waals surface area contributed by atoms with Gasteiger partial charge in [0.1, 0.15) is 5.75 Å². The highest BCUT2D eigenvalue weighted by molar-refractivity contribution is 7.92. The maximum atomic E-state index is 13.2. The molecule has 144 valence electrons. The molecule has 2 aromatic rings. The average Bonchev–Trinajstić information content (AvgIpc) is 2.67. The lowest BCUT2D eigenvalue weighted by Gasteiger charge is -2.34. The van der Waals surface area contributed by atoms with Gasteiger partial charge in [0.05, 0.1) is 23.7 Å². The Morgan fingerprint density at radius 1 is 1.26 bits per heavy atom. The first-order valence-electron chi connectivity index (χ1n) is 8.24. The number of rotatable bonds is 6. The molecule has 0 saturated heterocycles. The third-order valence-electron chi connectivity index (χ3n) is 4.03. The van der Waals surface area contributed by atoms with Crippen molar-refractivity contribution in [1.82, 2.24) is 5.32 Å². The first-order chi connectivity index (χ1) is 12.9. The standard InChI is InChI=1S/C18H19ClN2O5S/c1-25-11-10-20-18(22)17-12-21(15-4-2-3-5-16(15)26-17)27(23,24)14-8-6-13(19)7-9-14/h2-9,17H,10-12H2,1H3,(H,20,22). The Kier molecular flexibility index (Phi) is 5.88. The predicted octanol–water partition coefficient (Wildman–Crippen LogP) is 2.06. The number of halogens is 1. The van der Waals surface area contributed by atoms with Crippen LogP contribution in [0.2, 0.25) is 5.02 Å². The van der Waals surface area contributed by atoms with E-state index in [-0.39, 0.29) is 11.4 Å². The maximum absolute atomic E-state index is 13.2. The lowest BCUT2D eigenvalue weighted by atomic mass is 10.2. The van der Waals surface area contributed by atoms with Crippen LogP contribution in [-0.2, 0) is 19.6 Å². The van der Waals surface area contributed by atoms with E-state index in [1.165, 1.54) is 35.7 Å². The highest BCUT2D eigenvalue weighted by atomic mass is 35.5. The van der Waals surface area contributed by atoms with E-state index in [0.717, 1.165) is 0 Å². The van der Waals surface area contributed by atoms with Crippen molar-refractivity contribution < 1.29 is 22.7 Å². The van der Waals surface area contributed by atoms with Crippen LogP contribution in [0.15, 0.2) is 53.4 Å². The van der Waals surface area contributed by atoms with Crippen LogP contribution in [0, 0.1) is 0 Å². The minimum absolute atomic E-state index is 0.0853. The molecule has 0 fully saturated rings. The zero-order valence-corrected chi connectivity index (χ0v) is 16.2. The predicted molar refractivity (Wildman–Crippen MR) is 102 cm³/mol. The summed E-state index contributed by atoms with van der Waals surface area (Å²) in [5.41, 5.74) is 0.383. The van der Waals surface area contributed by atoms with Crippen molar-refractivity contribution >= 4 is 33.2 Å². The third kappa shape index (κ3) is 4.18. The van der Waals surface area contributed by atoms with Gasteiger partial charge in [0.2, 0.25) is 0 Å². The quantitative estimate of drug-likeness (QED) is 0.737. The van der Waals surface area contributed by atoms with Gasteiger partial charge in [-0.3, -0.25) is 9.10 Å². The van der Waals surface area contributed by atoms with Crippen LogP contribution in [0.25, 0.3) is 0 Å². The fourth-order valence-corrected chi connectivity index (χ4v) is 4.29. The number of hydrogen-bond donors (Lipinski definition) is 1. The van der Waals surface area contributed by atoms with Gasteiger partial charge in [-0.1, -0.05) is 23.7 Å². The molecule has 2 aromatic carbocycles. The Morgan fingerprint density at radius 3 is 2.67 bits per heavy atom. The van der Waals surface area contributed by atoms with Gasteiger partial charge in [-0.25, -0.2) is 8.42 Å². The van der Waals surface area contributed by atoms with Crippen LogP contribution in [0.3, 0.4) is 0 Å². The number of para-hydroxylation sites is 2. The van der Waals surface area contributed by atoms with Gasteiger partial charge in [-0.05, 0) is 36.4 Å². The Bertz CT molecular complexity index is 918. The Labute approximate surface area is 162 Å². The molecule has 1 heterocycles. The van der Waals surface area contributed by atoms with Gasteiger partial charge >= 0.3 is 0 Å². The van der Waals surface area contributed by atoms with Gasteiger partial charge in [0, 0.05) is 18.7 Å². The number of fused-ring (bicyclic) bond motifs is 1. The Hall–Kier alpha value is -2.29. The van der Waals surface area contributed by atoms with Crippen LogP contribution in [0.4, 0.5) is 5.69 Å². The first kappa shape index (κ1) is 19.5. The molecular formula is C18H19ClN2O5S. The average molecular weight is 411 g/mol. The highest BCUT2D eigenvalue weighted by Crippen LogP contribution is 2.36. The van der Waals surface area contributed by atoms with Crippen molar-refractivity contribution in [3.63, 3.8) is 0 Å². The van der Waals surface area contributed by atoms with E-state index in [1.807, 2.05) is 0 Å². The van der Waals surface area contributed by atoms with E-state index in [1.54, 1.807) is 24.3 Å². The number of methoxy groups -OCH3 is 1. The highest BCUT2D eigenvalue weighted by Gasteiger charge is 2.37. The van der Waals surface area contributed by atoms with Crippen molar-refractivity contribution in [2.75, 3.05) is 31.1 Å². The van der Waals surface area contributed by atoms with E-state index in [0.29, 0.717) is 29.6 Å². The summed E-state index contributed by atoms with van der Waals surface area (Å²) in [7, 11) is -2.37. The first-order valence-corrected chi connectivity index (χ1v) is 10.1. The van der Waals surface area contributed by atoms with Crippen LogP contribution in [0.5, 0.6) is 5.75 Å². The van der Waals surface area contributed by atoms with E-state index in [4.69, 9.17) is 21.1 Å². The van der Waals surface area contributed by atoms with Gasteiger partial charge in [0.15, 0.2) is 6.10 Å². The zero-order chi connectivity index (χ0) is 19.4. The summed E-state index contributed by atoms with van der Waals surface area (Å²) in [6.45, 7) is 0.517. The van der Waals surface area contributed by atoms with Crippen LogP contribution < -0.4 is 14.4 Å². The summed E-state index contributed by atoms with van der Waals surface area (Å²) in [5, 5.41) is 3.11. The lowest BCUT2D eigenvalue weighted by molar-refractivity contribution is -0.127. The number of carbonyl (C=O) groups is 1. The number of nitrogens with one attached hydrogen (secondary N) is 1. The molecule has 9 heteroatoms. The normalized spacial score (nSPS) is 16.4. The smallest absolute Gasteiger partial charge is 0.264 e. The van der Waals surface area contributed by atoms with Crippen molar-refractivity contribution in [1.29, 1.82) is 0 Å². The third-order valence-corrected chi connectivity index (χ3v) is 6.08. The number of nitrogens with zero attached hydrogens (tertiary/aromatic N) is 1. The summed E-state index contributed by atoms with van der Waals surface area (Å²) in [6, 6.07) is 12.6. The summed E-state index contributed by atoms with van der Waals surface area (Å²) in [4.78, 5) is 12.5. The molecule has 1 unspecified atom stereocenters. The topological polar surface area (TPSA) is 84.9 Å². The summed E-state index contributed by atoms with van der Waals surface area (Å²) in [5.74, 6) is -0.0777. The number of carbonyl (C=O) groups excluding carboxylic acids is 1. The molecule has 1 aliphatic rings. The molecule has 1 amide bonds. The molecule has 1 atom stereocenters. The molecule has 27 heavy (non-hydrogen) atoms. The zero-order valence-electron chi connectivity index (χ0n) is 14.6. The maximum Gasteiger partial charge on any atom is 0.264 e. The van der Waals surface area contributed by atoms with E-state index < -0.39 is 22.0 Å². The van der Waals surface area contributed by atoms with E-state index in [9.17, 15) is 13.2 Å². The molecule has 3 rings (SSSR count). The molecular weight excluding hydrogens is 392 g/mol. The number of ether oxygens (including phenoxy) is 2. The fourth-order valence-electron chi connectivity index (χ4n) is 2.69. The number of hydrogen-bond acceptors (Lipinski definition) is 5. The molecule has 0 saturated carbocycles. The molecule has 0 aromatic heterocycles. The molecule has 1 aliphatic heterocycles. The molecule has 0 radical (unpaired) electrons. The van der Waals surface area contributed by atoms with Gasteiger partial charge in [0.25, 0.3) is 15.9 Å². The van der Waals surface area contributed by atoms with Gasteiger partial charge in [-0.15, -0.1) is 0 Å². The van der Waals surface area contributed by atoms with E-state index in [2.05, 4.69) is 5.32 Å². The van der Waals surface area contributed by atoms with Crippen molar-refractivity contribution in [2.24, 2.45) is 0 Å². The fraction of sp³-hybridized carbons (Fsp3) is 0.278. The molecule has 0 spiro atoms. The summed E-state index contributed by atoms with van der Waals surface area (Å²) < 4.78 is 38.2. The number of benzene rings is 2. The second-order valence-corrected chi connectivity index (χ2v) is 8.15. The second-order valence-electron chi connectivity index (χ2n) is 5.85. The largest absolute Gasteiger partial charge is 0.476 e. The number of anilines is 1. The summed E-state index contributed by atoms with van der Waals surface area (Å²) in [6.07, 6.45) is -0.973. The monoisotopic (exact) mass is 410 g/mol. The van der Waals surface area contributed by atoms with Gasteiger partial charge < -0.3 is 14.8 Å². The molecule has 7 nitrogen and oxygen atoms in total. The molecule has 0 aliphatic carbocycles. The molecule has 0 bridgehead atoms. The van der Waals surface area contributed by atoms with Crippen molar-refractivity contribution in [2.45, 2.75) is 11.0 Å². The second kappa shape index (κ2) is 8.16. The minimum atomic E-state index is -3.89. The SMILES string of the molecule is COCCNC(=O)C1CN(S(=O)(=O)c2ccc(Cl)cc2)c2ccccc2O1. The molecule has 1 N–H and O–H groups in total. The van der Waals surface area contributed by atoms with Crippen molar-refractivity contribution in [3.05, 3.63) is 53.6 Å². The van der Waals surface area contributed by atoms with E-state index >= 15 is 0 Å². The van der Waals surface area contributed by atoms with Crippen LogP contribution in [-0.4, -0.2) is 47.2 Å². The Balaban J connectivity index is 1.93. The number of amides is 1.